The number of nitrogens with one attached hydrogen (secondary N) is 1. The van der Waals surface area contributed by atoms with Crippen LogP contribution in [0.5, 0.6) is 0 Å². The molecule has 1 amide bonds. The van der Waals surface area contributed by atoms with Crippen LogP contribution in [-0.4, -0.2) is 62.2 Å². The van der Waals surface area contributed by atoms with Crippen LogP contribution in [0.1, 0.15) is 18.9 Å². The molecule has 0 aliphatic carbocycles. The molecule has 0 unspecified atom stereocenters. The summed E-state index contributed by atoms with van der Waals surface area (Å²) in [4.78, 5) is 20.3. The van der Waals surface area contributed by atoms with Gasteiger partial charge in [0.25, 0.3) is 0 Å². The zero-order valence-corrected chi connectivity index (χ0v) is 18.8. The van der Waals surface area contributed by atoms with Crippen LogP contribution in [0, 0.1) is 5.82 Å². The maximum absolute atomic E-state index is 13.7. The van der Waals surface area contributed by atoms with Gasteiger partial charge in [-0.2, -0.15) is 4.68 Å². The molecule has 168 valence electrons. The lowest BCUT2D eigenvalue weighted by Gasteiger charge is -2.24. The molecule has 0 atom stereocenters. The maximum atomic E-state index is 13.7. The van der Waals surface area contributed by atoms with E-state index in [1.165, 1.54) is 16.8 Å². The van der Waals surface area contributed by atoms with E-state index in [1.54, 1.807) is 13.1 Å². The molecule has 1 aliphatic heterocycles. The second kappa shape index (κ2) is 9.66. The molecule has 1 aliphatic rings. The van der Waals surface area contributed by atoms with Gasteiger partial charge >= 0.3 is 0 Å². The van der Waals surface area contributed by atoms with E-state index >= 15 is 0 Å². The molecule has 3 aromatic rings. The number of anilines is 2. The molecular weight excluding hydrogens is 458 g/mol. The fourth-order valence-electron chi connectivity index (χ4n) is 3.61. The van der Waals surface area contributed by atoms with Gasteiger partial charge in [-0.05, 0) is 35.0 Å². The van der Waals surface area contributed by atoms with Gasteiger partial charge < -0.3 is 15.1 Å². The number of aromatic nitrogens is 5. The van der Waals surface area contributed by atoms with E-state index in [1.807, 2.05) is 17.0 Å². The Kier molecular flexibility index (Phi) is 6.71. The number of amides is 1. The van der Waals surface area contributed by atoms with Gasteiger partial charge in [-0.3, -0.25) is 4.79 Å². The van der Waals surface area contributed by atoms with Crippen molar-refractivity contribution in [2.45, 2.75) is 19.9 Å². The van der Waals surface area contributed by atoms with E-state index in [0.717, 1.165) is 30.9 Å². The van der Waals surface area contributed by atoms with Crippen molar-refractivity contribution in [1.82, 2.24) is 30.1 Å². The van der Waals surface area contributed by atoms with Crippen LogP contribution in [0.4, 0.5) is 16.2 Å². The number of carbonyl (C=O) groups is 1. The van der Waals surface area contributed by atoms with Crippen LogP contribution in [0.2, 0.25) is 10.0 Å². The lowest BCUT2D eigenvalue weighted by atomic mass is 10.2. The van der Waals surface area contributed by atoms with Gasteiger partial charge in [0.1, 0.15) is 11.6 Å². The molecule has 1 aromatic carbocycles. The topological polar surface area (TPSA) is 92.1 Å². The molecule has 1 N–H and O–H groups in total. The highest BCUT2D eigenvalue weighted by Crippen LogP contribution is 2.31. The number of rotatable bonds is 5. The third-order valence-electron chi connectivity index (χ3n) is 5.26. The highest BCUT2D eigenvalue weighted by atomic mass is 35.5. The number of tetrazole rings is 1. The Balaban J connectivity index is 1.53. The Hall–Kier alpha value is -2.98. The van der Waals surface area contributed by atoms with E-state index in [-0.39, 0.29) is 16.0 Å². The Morgan fingerprint density at radius 1 is 1.16 bits per heavy atom. The first-order valence-electron chi connectivity index (χ1n) is 10.1. The van der Waals surface area contributed by atoms with Crippen LogP contribution < -0.4 is 10.2 Å². The minimum Gasteiger partial charge on any atom is -0.354 e. The summed E-state index contributed by atoms with van der Waals surface area (Å²) < 4.78 is 15.0. The van der Waals surface area contributed by atoms with E-state index in [4.69, 9.17) is 23.2 Å². The number of hydrogen-bond acceptors (Lipinski definition) is 7. The van der Waals surface area contributed by atoms with Gasteiger partial charge in [0.2, 0.25) is 11.9 Å². The molecule has 0 radical (unpaired) electrons. The van der Waals surface area contributed by atoms with Crippen LogP contribution in [0.3, 0.4) is 0 Å². The highest BCUT2D eigenvalue weighted by molar-refractivity contribution is 6.43. The first kappa shape index (κ1) is 22.2. The van der Waals surface area contributed by atoms with Crippen LogP contribution in [0.25, 0.3) is 5.69 Å². The number of nitrogens with zero attached hydrogens (tertiary/aromatic N) is 7. The smallest absolute Gasteiger partial charge is 0.248 e. The summed E-state index contributed by atoms with van der Waals surface area (Å²) >= 11 is 12.1. The van der Waals surface area contributed by atoms with Gasteiger partial charge in [-0.15, -0.1) is 0 Å². The van der Waals surface area contributed by atoms with Crippen molar-refractivity contribution >= 4 is 40.9 Å². The summed E-state index contributed by atoms with van der Waals surface area (Å²) in [7, 11) is 0. The quantitative estimate of drug-likeness (QED) is 0.562. The normalized spacial score (nSPS) is 14.4. The number of halogens is 3. The van der Waals surface area contributed by atoms with E-state index in [9.17, 15) is 9.18 Å². The molecule has 1 fully saturated rings. The third-order valence-corrected chi connectivity index (χ3v) is 6.11. The summed E-state index contributed by atoms with van der Waals surface area (Å²) in [6, 6.07) is 6.50. The Labute approximate surface area is 194 Å². The number of hydrogen-bond donors (Lipinski definition) is 1. The van der Waals surface area contributed by atoms with Crippen molar-refractivity contribution in [2.75, 3.05) is 36.4 Å². The monoisotopic (exact) mass is 478 g/mol. The minimum absolute atomic E-state index is 0.0173. The summed E-state index contributed by atoms with van der Waals surface area (Å²) in [5.41, 5.74) is 1.30. The fourth-order valence-corrected chi connectivity index (χ4v) is 4.00. The van der Waals surface area contributed by atoms with Crippen molar-refractivity contribution in [1.29, 1.82) is 0 Å². The second-order valence-electron chi connectivity index (χ2n) is 7.30. The molecule has 4 rings (SSSR count). The summed E-state index contributed by atoms with van der Waals surface area (Å²) in [5, 5.41) is 14.7. The average Bonchev–Trinajstić information content (AvgIpc) is 3.10. The van der Waals surface area contributed by atoms with Crippen LogP contribution >= 0.6 is 23.2 Å². The van der Waals surface area contributed by atoms with Gasteiger partial charge in [-0.1, -0.05) is 34.4 Å². The third kappa shape index (κ3) is 4.61. The summed E-state index contributed by atoms with van der Waals surface area (Å²) in [6.07, 6.45) is 2.61. The van der Waals surface area contributed by atoms with Crippen molar-refractivity contribution in [3.8, 4) is 5.69 Å². The lowest BCUT2D eigenvalue weighted by molar-refractivity contribution is -0.128. The Morgan fingerprint density at radius 3 is 2.81 bits per heavy atom. The number of pyridine rings is 1. The zero-order valence-electron chi connectivity index (χ0n) is 17.3. The van der Waals surface area contributed by atoms with Crippen molar-refractivity contribution in [2.24, 2.45) is 0 Å². The van der Waals surface area contributed by atoms with Crippen molar-refractivity contribution in [3.63, 3.8) is 0 Å². The Morgan fingerprint density at radius 2 is 2.00 bits per heavy atom. The van der Waals surface area contributed by atoms with Crippen LogP contribution in [-0.2, 0) is 11.3 Å². The molecule has 3 heterocycles. The Bertz CT molecular complexity index is 1120. The van der Waals surface area contributed by atoms with Gasteiger partial charge in [0.15, 0.2) is 0 Å². The largest absolute Gasteiger partial charge is 0.354 e. The van der Waals surface area contributed by atoms with Crippen LogP contribution in [0.15, 0.2) is 30.5 Å². The van der Waals surface area contributed by atoms with Crippen molar-refractivity contribution in [3.05, 3.63) is 51.9 Å². The number of benzene rings is 1. The van der Waals surface area contributed by atoms with Gasteiger partial charge in [0, 0.05) is 51.4 Å². The maximum Gasteiger partial charge on any atom is 0.248 e. The predicted octanol–water partition coefficient (Wildman–Crippen LogP) is 3.17. The molecule has 0 spiro atoms. The molecule has 32 heavy (non-hydrogen) atoms. The van der Waals surface area contributed by atoms with Gasteiger partial charge in [-0.25, -0.2) is 9.37 Å². The van der Waals surface area contributed by atoms with E-state index < -0.39 is 5.82 Å². The minimum atomic E-state index is -0.621. The highest BCUT2D eigenvalue weighted by Gasteiger charge is 2.20. The van der Waals surface area contributed by atoms with Crippen molar-refractivity contribution < 1.29 is 9.18 Å². The zero-order chi connectivity index (χ0) is 22.7. The summed E-state index contributed by atoms with van der Waals surface area (Å²) in [5.74, 6) is 0.625. The van der Waals surface area contributed by atoms with Gasteiger partial charge in [0.05, 0.1) is 15.7 Å². The standard InChI is InChI=1S/C20H21Cl2FN8O/c1-13(32)29-8-3-9-30(11-10-29)19-14(4-2-7-24-19)12-25-20-26-27-28-31(20)16-6-5-15(23)17(21)18(16)22/h2,4-7H,3,8-12H2,1H3,(H,25,26,28). The second-order valence-corrected chi connectivity index (χ2v) is 8.05. The fraction of sp³-hybridized carbons (Fsp3) is 0.350. The number of carbonyl (C=O) groups excluding carboxylic acids is 1. The molecule has 9 nitrogen and oxygen atoms in total. The molecule has 0 saturated carbocycles. The summed E-state index contributed by atoms with van der Waals surface area (Å²) in [6.45, 7) is 4.88. The lowest BCUT2D eigenvalue weighted by Crippen LogP contribution is -2.34. The SMILES string of the molecule is CC(=O)N1CCCN(c2ncccc2CNc2nnnn2-c2ccc(F)c(Cl)c2Cl)CC1. The first-order chi connectivity index (χ1) is 15.5. The van der Waals surface area contributed by atoms with E-state index in [2.05, 4.69) is 30.7 Å². The molecule has 0 bridgehead atoms. The molecule has 2 aromatic heterocycles. The average molecular weight is 479 g/mol. The molecule has 1 saturated heterocycles. The molecule has 12 heteroatoms. The van der Waals surface area contributed by atoms with E-state index in [0.29, 0.717) is 31.3 Å². The predicted molar refractivity (Wildman–Crippen MR) is 120 cm³/mol. The molecular formula is C20H21Cl2FN8O. The first-order valence-corrected chi connectivity index (χ1v) is 10.8.